The smallest absolute Gasteiger partial charge is 0.350 e. The number of hydrogen-bond donors (Lipinski definition) is 1. The summed E-state index contributed by atoms with van der Waals surface area (Å²) in [5, 5.41) is 4.41. The number of esters is 1. The lowest BCUT2D eigenvalue weighted by atomic mass is 10.2. The standard InChI is InChI=1S/C18H13Cl2NO3S/c19-12-5-3-4-11(8-12)9-21-15(22)10-24-18(23)17-16(20)13-6-1-2-7-14(13)25-17/h1-8H,9-10H2,(H,21,22). The fourth-order valence-corrected chi connectivity index (χ4v) is 3.86. The molecule has 4 nitrogen and oxygen atoms in total. The molecular formula is C18H13Cl2NO3S. The molecule has 1 heterocycles. The minimum atomic E-state index is -0.607. The van der Waals surface area contributed by atoms with Gasteiger partial charge in [-0.3, -0.25) is 4.79 Å². The van der Waals surface area contributed by atoms with E-state index < -0.39 is 11.9 Å². The molecule has 25 heavy (non-hydrogen) atoms. The van der Waals surface area contributed by atoms with Crippen molar-refractivity contribution in [1.29, 1.82) is 0 Å². The summed E-state index contributed by atoms with van der Waals surface area (Å²) in [7, 11) is 0. The van der Waals surface area contributed by atoms with Crippen LogP contribution < -0.4 is 5.32 Å². The average molecular weight is 394 g/mol. The summed E-state index contributed by atoms with van der Waals surface area (Å²) in [5.74, 6) is -1.00. The van der Waals surface area contributed by atoms with Crippen LogP contribution in [-0.2, 0) is 16.1 Å². The Kier molecular flexibility index (Phi) is 5.58. The van der Waals surface area contributed by atoms with Crippen LogP contribution in [0.25, 0.3) is 10.1 Å². The summed E-state index contributed by atoms with van der Waals surface area (Å²) >= 11 is 13.3. The first kappa shape index (κ1) is 17.7. The lowest BCUT2D eigenvalue weighted by molar-refractivity contribution is -0.124. The lowest BCUT2D eigenvalue weighted by Gasteiger charge is -2.06. The predicted octanol–water partition coefficient (Wildman–Crippen LogP) is 4.68. The maximum absolute atomic E-state index is 12.2. The van der Waals surface area contributed by atoms with Gasteiger partial charge >= 0.3 is 5.97 Å². The number of nitrogens with one attached hydrogen (secondary N) is 1. The van der Waals surface area contributed by atoms with Crippen molar-refractivity contribution in [2.75, 3.05) is 6.61 Å². The number of thiophene rings is 1. The molecule has 0 atom stereocenters. The van der Waals surface area contributed by atoms with E-state index in [0.29, 0.717) is 21.5 Å². The number of ether oxygens (including phenoxy) is 1. The number of hydrogen-bond acceptors (Lipinski definition) is 4. The zero-order valence-corrected chi connectivity index (χ0v) is 15.3. The van der Waals surface area contributed by atoms with Crippen LogP contribution in [0.5, 0.6) is 0 Å². The van der Waals surface area contributed by atoms with Crippen LogP contribution in [-0.4, -0.2) is 18.5 Å². The molecule has 128 valence electrons. The number of benzene rings is 2. The van der Waals surface area contributed by atoms with Crippen molar-refractivity contribution in [2.24, 2.45) is 0 Å². The minimum Gasteiger partial charge on any atom is -0.451 e. The van der Waals surface area contributed by atoms with Gasteiger partial charge in [0.2, 0.25) is 0 Å². The Hall–Kier alpha value is -2.08. The summed E-state index contributed by atoms with van der Waals surface area (Å²) in [6.45, 7) is -0.0649. The van der Waals surface area contributed by atoms with Crippen molar-refractivity contribution >= 4 is 56.5 Å². The number of carbonyl (C=O) groups is 2. The van der Waals surface area contributed by atoms with Gasteiger partial charge in [-0.15, -0.1) is 11.3 Å². The normalized spacial score (nSPS) is 10.6. The van der Waals surface area contributed by atoms with E-state index in [1.165, 1.54) is 11.3 Å². The molecule has 0 aliphatic rings. The molecule has 0 saturated carbocycles. The molecule has 1 amide bonds. The Morgan fingerprint density at radius 3 is 2.64 bits per heavy atom. The van der Waals surface area contributed by atoms with E-state index >= 15 is 0 Å². The fraction of sp³-hybridized carbons (Fsp3) is 0.111. The fourth-order valence-electron chi connectivity index (χ4n) is 2.24. The number of amides is 1. The Morgan fingerprint density at radius 2 is 1.88 bits per heavy atom. The van der Waals surface area contributed by atoms with E-state index in [4.69, 9.17) is 27.9 Å². The Bertz CT molecular complexity index is 939. The first-order valence-electron chi connectivity index (χ1n) is 7.40. The second-order valence-corrected chi connectivity index (χ2v) is 7.09. The van der Waals surface area contributed by atoms with E-state index in [1.54, 1.807) is 18.2 Å². The van der Waals surface area contributed by atoms with Crippen molar-refractivity contribution in [2.45, 2.75) is 6.54 Å². The molecule has 3 aromatic rings. The van der Waals surface area contributed by atoms with E-state index in [-0.39, 0.29) is 6.61 Å². The van der Waals surface area contributed by atoms with E-state index in [1.807, 2.05) is 30.3 Å². The molecule has 0 spiro atoms. The molecule has 0 aliphatic heterocycles. The van der Waals surface area contributed by atoms with Gasteiger partial charge in [0, 0.05) is 21.7 Å². The highest BCUT2D eigenvalue weighted by atomic mass is 35.5. The van der Waals surface area contributed by atoms with Gasteiger partial charge in [0.05, 0.1) is 5.02 Å². The maximum atomic E-state index is 12.2. The van der Waals surface area contributed by atoms with Gasteiger partial charge in [0.15, 0.2) is 6.61 Å². The van der Waals surface area contributed by atoms with Gasteiger partial charge in [0.1, 0.15) is 4.88 Å². The van der Waals surface area contributed by atoms with Gasteiger partial charge < -0.3 is 10.1 Å². The van der Waals surface area contributed by atoms with Crippen molar-refractivity contribution < 1.29 is 14.3 Å². The van der Waals surface area contributed by atoms with Crippen molar-refractivity contribution in [3.05, 3.63) is 69.0 Å². The van der Waals surface area contributed by atoms with Gasteiger partial charge in [-0.1, -0.05) is 53.5 Å². The molecule has 0 radical (unpaired) electrons. The number of fused-ring (bicyclic) bond motifs is 1. The summed E-state index contributed by atoms with van der Waals surface area (Å²) in [4.78, 5) is 24.3. The summed E-state index contributed by atoms with van der Waals surface area (Å²) in [5.41, 5.74) is 0.861. The third-order valence-electron chi connectivity index (χ3n) is 3.43. The maximum Gasteiger partial charge on any atom is 0.350 e. The number of rotatable bonds is 5. The highest BCUT2D eigenvalue weighted by Crippen LogP contribution is 2.35. The first-order valence-corrected chi connectivity index (χ1v) is 8.97. The quantitative estimate of drug-likeness (QED) is 0.640. The van der Waals surface area contributed by atoms with Crippen molar-refractivity contribution in [3.8, 4) is 0 Å². The lowest BCUT2D eigenvalue weighted by Crippen LogP contribution is -2.28. The largest absolute Gasteiger partial charge is 0.451 e. The third-order valence-corrected chi connectivity index (χ3v) is 5.32. The molecule has 0 fully saturated rings. The second kappa shape index (κ2) is 7.87. The van der Waals surface area contributed by atoms with Crippen LogP contribution in [0.2, 0.25) is 10.0 Å². The van der Waals surface area contributed by atoms with Crippen LogP contribution in [0.4, 0.5) is 0 Å². The molecule has 1 N–H and O–H groups in total. The van der Waals surface area contributed by atoms with Crippen molar-refractivity contribution in [1.82, 2.24) is 5.32 Å². The molecule has 0 saturated heterocycles. The highest BCUT2D eigenvalue weighted by Gasteiger charge is 2.19. The van der Waals surface area contributed by atoms with Gasteiger partial charge in [-0.05, 0) is 23.8 Å². The van der Waals surface area contributed by atoms with Gasteiger partial charge in [-0.25, -0.2) is 4.79 Å². The molecule has 3 rings (SSSR count). The van der Waals surface area contributed by atoms with Crippen molar-refractivity contribution in [3.63, 3.8) is 0 Å². The summed E-state index contributed by atoms with van der Waals surface area (Å²) in [6.07, 6.45) is 0. The minimum absolute atomic E-state index is 0.297. The summed E-state index contributed by atoms with van der Waals surface area (Å²) < 4.78 is 5.95. The van der Waals surface area contributed by atoms with E-state index in [9.17, 15) is 9.59 Å². The topological polar surface area (TPSA) is 55.4 Å². The van der Waals surface area contributed by atoms with Crippen LogP contribution in [0.15, 0.2) is 48.5 Å². The molecule has 0 unspecified atom stereocenters. The van der Waals surface area contributed by atoms with Crippen LogP contribution in [0, 0.1) is 0 Å². The third kappa shape index (κ3) is 4.31. The second-order valence-electron chi connectivity index (χ2n) is 5.22. The monoisotopic (exact) mass is 393 g/mol. The molecular weight excluding hydrogens is 381 g/mol. The van der Waals surface area contributed by atoms with Crippen LogP contribution in [0.1, 0.15) is 15.2 Å². The SMILES string of the molecule is O=C(COC(=O)c1sc2ccccc2c1Cl)NCc1cccc(Cl)c1. The zero-order chi connectivity index (χ0) is 17.8. The number of halogens is 2. The molecule has 1 aromatic heterocycles. The van der Waals surface area contributed by atoms with E-state index in [0.717, 1.165) is 15.6 Å². The Morgan fingerprint density at radius 1 is 1.08 bits per heavy atom. The highest BCUT2D eigenvalue weighted by molar-refractivity contribution is 7.21. The number of carbonyl (C=O) groups excluding carboxylic acids is 2. The predicted molar refractivity (Wildman–Crippen MR) is 100 cm³/mol. The molecule has 2 aromatic carbocycles. The summed E-state index contributed by atoms with van der Waals surface area (Å²) in [6, 6.07) is 14.6. The average Bonchev–Trinajstić information content (AvgIpc) is 2.95. The Labute approximate surface area is 158 Å². The first-order chi connectivity index (χ1) is 12.0. The van der Waals surface area contributed by atoms with Gasteiger partial charge in [0.25, 0.3) is 5.91 Å². The van der Waals surface area contributed by atoms with E-state index in [2.05, 4.69) is 5.32 Å². The molecule has 7 heteroatoms. The molecule has 0 aliphatic carbocycles. The van der Waals surface area contributed by atoms with Crippen LogP contribution >= 0.6 is 34.5 Å². The molecule has 0 bridgehead atoms. The van der Waals surface area contributed by atoms with Gasteiger partial charge in [-0.2, -0.15) is 0 Å². The zero-order valence-electron chi connectivity index (χ0n) is 12.9. The van der Waals surface area contributed by atoms with Crippen LogP contribution in [0.3, 0.4) is 0 Å². The Balaban J connectivity index is 1.56.